The molecule has 0 aliphatic rings. The first kappa shape index (κ1) is 13.2. The van der Waals surface area contributed by atoms with Crippen molar-refractivity contribution in [1.29, 1.82) is 0 Å². The number of nitrogens with one attached hydrogen (secondary N) is 1. The van der Waals surface area contributed by atoms with Crippen LogP contribution in [0.5, 0.6) is 0 Å². The van der Waals surface area contributed by atoms with Crippen molar-refractivity contribution in [3.05, 3.63) is 28.2 Å². The maximum absolute atomic E-state index is 11.6. The van der Waals surface area contributed by atoms with Gasteiger partial charge in [0.05, 0.1) is 21.5 Å². The van der Waals surface area contributed by atoms with Crippen LogP contribution in [0.25, 0.3) is 0 Å². The molecule has 0 fully saturated rings. The molecule has 0 saturated carbocycles. The van der Waals surface area contributed by atoms with Gasteiger partial charge in [-0.05, 0) is 18.2 Å². The zero-order valence-corrected chi connectivity index (χ0v) is 10.2. The van der Waals surface area contributed by atoms with Crippen molar-refractivity contribution in [3.8, 4) is 0 Å². The first-order chi connectivity index (χ1) is 7.33. The largest absolute Gasteiger partial charge is 0.369 e. The second-order valence-corrected chi connectivity index (χ2v) is 5.45. The summed E-state index contributed by atoms with van der Waals surface area (Å²) in [5.41, 5.74) is 4.82. The van der Waals surface area contributed by atoms with Gasteiger partial charge in [0, 0.05) is 0 Å². The van der Waals surface area contributed by atoms with E-state index in [2.05, 4.69) is 0 Å². The Morgan fingerprint density at radius 3 is 2.44 bits per heavy atom. The molecule has 0 atom stereocenters. The van der Waals surface area contributed by atoms with E-state index in [9.17, 15) is 13.2 Å². The molecule has 0 saturated heterocycles. The molecule has 1 aromatic rings. The monoisotopic (exact) mass is 282 g/mol. The molecule has 1 amide bonds. The molecule has 88 valence electrons. The van der Waals surface area contributed by atoms with Gasteiger partial charge in [0.2, 0.25) is 15.9 Å². The van der Waals surface area contributed by atoms with Crippen LogP contribution >= 0.6 is 23.2 Å². The van der Waals surface area contributed by atoms with Crippen molar-refractivity contribution in [2.45, 2.75) is 4.90 Å². The highest BCUT2D eigenvalue weighted by Crippen LogP contribution is 2.24. The van der Waals surface area contributed by atoms with Crippen LogP contribution in [0.2, 0.25) is 10.0 Å². The number of carbonyl (C=O) groups excluding carboxylic acids is 1. The van der Waals surface area contributed by atoms with Gasteiger partial charge in [0.25, 0.3) is 0 Å². The highest BCUT2D eigenvalue weighted by Gasteiger charge is 2.15. The van der Waals surface area contributed by atoms with Crippen molar-refractivity contribution >= 4 is 39.1 Å². The average molecular weight is 283 g/mol. The zero-order chi connectivity index (χ0) is 12.3. The van der Waals surface area contributed by atoms with Crippen LogP contribution in [0.3, 0.4) is 0 Å². The summed E-state index contributed by atoms with van der Waals surface area (Å²) in [6, 6.07) is 3.81. The molecule has 0 heterocycles. The number of sulfonamides is 1. The number of rotatable bonds is 4. The summed E-state index contributed by atoms with van der Waals surface area (Å²) >= 11 is 11.3. The molecule has 0 aliphatic carbocycles. The minimum atomic E-state index is -3.79. The summed E-state index contributed by atoms with van der Waals surface area (Å²) in [5, 5.41) is 0.360. The predicted octanol–water partition coefficient (Wildman–Crippen LogP) is 0.757. The number of hydrogen-bond acceptors (Lipinski definition) is 3. The van der Waals surface area contributed by atoms with Gasteiger partial charge in [-0.25, -0.2) is 13.1 Å². The van der Waals surface area contributed by atoms with Gasteiger partial charge in [0.1, 0.15) is 0 Å². The van der Waals surface area contributed by atoms with Crippen LogP contribution in [0.4, 0.5) is 0 Å². The first-order valence-corrected chi connectivity index (χ1v) is 6.30. The van der Waals surface area contributed by atoms with Crippen molar-refractivity contribution in [2.24, 2.45) is 5.73 Å². The topological polar surface area (TPSA) is 89.3 Å². The highest BCUT2D eigenvalue weighted by molar-refractivity contribution is 7.89. The van der Waals surface area contributed by atoms with Crippen LogP contribution in [0, 0.1) is 0 Å². The number of nitrogens with two attached hydrogens (primary N) is 1. The minimum Gasteiger partial charge on any atom is -0.369 e. The van der Waals surface area contributed by atoms with Gasteiger partial charge < -0.3 is 5.73 Å². The molecule has 0 aliphatic heterocycles. The molecule has 3 N–H and O–H groups in total. The van der Waals surface area contributed by atoms with Crippen LogP contribution in [0.1, 0.15) is 0 Å². The second kappa shape index (κ2) is 5.01. The number of primary amides is 1. The predicted molar refractivity (Wildman–Crippen MR) is 60.8 cm³/mol. The van der Waals surface area contributed by atoms with Gasteiger partial charge in [-0.2, -0.15) is 0 Å². The third-order valence-corrected chi connectivity index (χ3v) is 3.78. The van der Waals surface area contributed by atoms with E-state index in [1.54, 1.807) is 0 Å². The Hall–Kier alpha value is -0.820. The molecule has 8 heteroatoms. The van der Waals surface area contributed by atoms with E-state index in [1.807, 2.05) is 4.72 Å². The molecule has 0 aromatic heterocycles. The molecule has 0 unspecified atom stereocenters. The summed E-state index contributed by atoms with van der Waals surface area (Å²) in [5.74, 6) is -0.774. The lowest BCUT2D eigenvalue weighted by molar-refractivity contribution is -0.116. The summed E-state index contributed by atoms with van der Waals surface area (Å²) in [6.07, 6.45) is 0. The number of carbonyl (C=O) groups is 1. The summed E-state index contributed by atoms with van der Waals surface area (Å²) in [7, 11) is -3.79. The lowest BCUT2D eigenvalue weighted by Gasteiger charge is -2.05. The second-order valence-electron chi connectivity index (χ2n) is 2.87. The Morgan fingerprint density at radius 1 is 1.31 bits per heavy atom. The lowest BCUT2D eigenvalue weighted by atomic mass is 10.4. The highest BCUT2D eigenvalue weighted by atomic mass is 35.5. The number of amides is 1. The number of benzene rings is 1. The van der Waals surface area contributed by atoms with E-state index in [0.29, 0.717) is 0 Å². The van der Waals surface area contributed by atoms with Crippen molar-refractivity contribution in [3.63, 3.8) is 0 Å². The molecule has 5 nitrogen and oxygen atoms in total. The zero-order valence-electron chi connectivity index (χ0n) is 7.91. The van der Waals surface area contributed by atoms with Crippen LogP contribution in [0.15, 0.2) is 23.1 Å². The van der Waals surface area contributed by atoms with E-state index in [1.165, 1.54) is 18.2 Å². The number of hydrogen-bond donors (Lipinski definition) is 2. The summed E-state index contributed by atoms with van der Waals surface area (Å²) < 4.78 is 25.2. The van der Waals surface area contributed by atoms with Gasteiger partial charge >= 0.3 is 0 Å². The Kier molecular flexibility index (Phi) is 4.15. The smallest absolute Gasteiger partial charge is 0.241 e. The molecule has 0 radical (unpaired) electrons. The fourth-order valence-corrected chi connectivity index (χ4v) is 2.28. The Balaban J connectivity index is 2.99. The Bertz CT molecular complexity index is 516. The molecular formula is C8H8Cl2N2O3S. The Labute approximate surface area is 103 Å². The summed E-state index contributed by atoms with van der Waals surface area (Å²) in [6.45, 7) is -0.470. The van der Waals surface area contributed by atoms with Gasteiger partial charge in [-0.15, -0.1) is 0 Å². The minimum absolute atomic E-state index is 0.0804. The van der Waals surface area contributed by atoms with E-state index in [-0.39, 0.29) is 14.9 Å². The Morgan fingerprint density at radius 2 is 1.94 bits per heavy atom. The average Bonchev–Trinajstić information content (AvgIpc) is 2.19. The maximum atomic E-state index is 11.6. The fraction of sp³-hybridized carbons (Fsp3) is 0.125. The van der Waals surface area contributed by atoms with E-state index in [4.69, 9.17) is 28.9 Å². The molecule has 0 bridgehead atoms. The third kappa shape index (κ3) is 3.34. The SMILES string of the molecule is NC(=O)CNS(=O)(=O)c1ccc(Cl)c(Cl)c1. The van der Waals surface area contributed by atoms with Crippen molar-refractivity contribution in [2.75, 3.05) is 6.54 Å². The van der Waals surface area contributed by atoms with E-state index < -0.39 is 22.5 Å². The quantitative estimate of drug-likeness (QED) is 0.854. The standard InChI is InChI=1S/C8H8Cl2N2O3S/c9-6-2-1-5(3-7(6)10)16(14,15)12-4-8(11)13/h1-3,12H,4H2,(H2,11,13). The molecule has 0 spiro atoms. The van der Waals surface area contributed by atoms with Crippen molar-refractivity contribution in [1.82, 2.24) is 4.72 Å². The maximum Gasteiger partial charge on any atom is 0.241 e. The van der Waals surface area contributed by atoms with E-state index >= 15 is 0 Å². The normalized spacial score (nSPS) is 11.4. The van der Waals surface area contributed by atoms with Crippen LogP contribution in [-0.2, 0) is 14.8 Å². The summed E-state index contributed by atoms with van der Waals surface area (Å²) in [4.78, 5) is 10.4. The fourth-order valence-electron chi connectivity index (χ4n) is 0.893. The van der Waals surface area contributed by atoms with Crippen LogP contribution < -0.4 is 10.5 Å². The number of halogens is 2. The van der Waals surface area contributed by atoms with E-state index in [0.717, 1.165) is 0 Å². The lowest BCUT2D eigenvalue weighted by Crippen LogP contribution is -2.33. The molecule has 1 aromatic carbocycles. The van der Waals surface area contributed by atoms with Gasteiger partial charge in [0.15, 0.2) is 0 Å². The van der Waals surface area contributed by atoms with Crippen molar-refractivity contribution < 1.29 is 13.2 Å². The molecule has 16 heavy (non-hydrogen) atoms. The first-order valence-electron chi connectivity index (χ1n) is 4.06. The van der Waals surface area contributed by atoms with Crippen LogP contribution in [-0.4, -0.2) is 20.9 Å². The van der Waals surface area contributed by atoms with Gasteiger partial charge in [-0.1, -0.05) is 23.2 Å². The molecule has 1 rings (SSSR count). The molecular weight excluding hydrogens is 275 g/mol. The van der Waals surface area contributed by atoms with Gasteiger partial charge in [-0.3, -0.25) is 4.79 Å². The third-order valence-electron chi connectivity index (χ3n) is 1.64.